The van der Waals surface area contributed by atoms with Crippen LogP contribution in [0, 0.1) is 23.2 Å². The van der Waals surface area contributed by atoms with Crippen molar-refractivity contribution in [3.63, 3.8) is 0 Å². The number of unbranched alkanes of at least 4 members (excludes halogenated alkanes) is 1. The molecule has 0 aromatic heterocycles. The zero-order valence-corrected chi connectivity index (χ0v) is 13.6. The second-order valence-corrected chi connectivity index (χ2v) is 6.01. The highest BCUT2D eigenvalue weighted by molar-refractivity contribution is 5.97. The van der Waals surface area contributed by atoms with Gasteiger partial charge in [-0.1, -0.05) is 41.0 Å². The van der Waals surface area contributed by atoms with Crippen LogP contribution in [0.25, 0.3) is 0 Å². The summed E-state index contributed by atoms with van der Waals surface area (Å²) in [4.78, 5) is 14.0. The molecule has 0 fully saturated rings. The Morgan fingerprint density at radius 2 is 1.80 bits per heavy atom. The zero-order valence-electron chi connectivity index (χ0n) is 13.6. The van der Waals surface area contributed by atoms with Crippen LogP contribution < -0.4 is 5.32 Å². The SMILES string of the molecule is CCCCNC(=O)/C(C#N)=C\N(CC(C)C)CC(C)C. The van der Waals surface area contributed by atoms with Crippen molar-refractivity contribution in [2.24, 2.45) is 11.8 Å². The number of amides is 1. The van der Waals surface area contributed by atoms with Gasteiger partial charge >= 0.3 is 0 Å². The smallest absolute Gasteiger partial charge is 0.263 e. The summed E-state index contributed by atoms with van der Waals surface area (Å²) in [7, 11) is 0. The summed E-state index contributed by atoms with van der Waals surface area (Å²) in [6.07, 6.45) is 3.67. The van der Waals surface area contributed by atoms with Crippen molar-refractivity contribution in [1.29, 1.82) is 5.26 Å². The monoisotopic (exact) mass is 279 g/mol. The topological polar surface area (TPSA) is 56.1 Å². The van der Waals surface area contributed by atoms with Crippen molar-refractivity contribution in [2.75, 3.05) is 19.6 Å². The molecular weight excluding hydrogens is 250 g/mol. The fourth-order valence-corrected chi connectivity index (χ4v) is 1.91. The van der Waals surface area contributed by atoms with E-state index in [-0.39, 0.29) is 11.5 Å². The number of carbonyl (C=O) groups is 1. The maximum Gasteiger partial charge on any atom is 0.263 e. The molecule has 0 unspecified atom stereocenters. The molecule has 1 N–H and O–H groups in total. The normalized spacial score (nSPS) is 11.6. The molecular formula is C16H29N3O. The number of rotatable bonds is 9. The maximum atomic E-state index is 11.9. The van der Waals surface area contributed by atoms with Crippen LogP contribution >= 0.6 is 0 Å². The van der Waals surface area contributed by atoms with Crippen molar-refractivity contribution >= 4 is 5.91 Å². The van der Waals surface area contributed by atoms with Crippen LogP contribution in [0.4, 0.5) is 0 Å². The van der Waals surface area contributed by atoms with E-state index >= 15 is 0 Å². The molecule has 0 heterocycles. The Labute approximate surface area is 123 Å². The van der Waals surface area contributed by atoms with Gasteiger partial charge in [0.1, 0.15) is 11.6 Å². The summed E-state index contributed by atoms with van der Waals surface area (Å²) in [5, 5.41) is 12.0. The molecule has 0 saturated heterocycles. The lowest BCUT2D eigenvalue weighted by atomic mass is 10.1. The summed E-state index contributed by atoms with van der Waals surface area (Å²) in [6, 6.07) is 2.01. The first-order valence-electron chi connectivity index (χ1n) is 7.54. The van der Waals surface area contributed by atoms with Gasteiger partial charge in [0.15, 0.2) is 0 Å². The minimum absolute atomic E-state index is 0.197. The highest BCUT2D eigenvalue weighted by atomic mass is 16.1. The van der Waals surface area contributed by atoms with Gasteiger partial charge in [0.2, 0.25) is 0 Å². The molecule has 0 aromatic rings. The van der Waals surface area contributed by atoms with Gasteiger partial charge in [-0.05, 0) is 18.3 Å². The Bertz CT molecular complexity index is 343. The third-order valence-electron chi connectivity index (χ3n) is 2.69. The van der Waals surface area contributed by atoms with E-state index in [9.17, 15) is 4.79 Å². The van der Waals surface area contributed by atoms with Crippen molar-refractivity contribution in [2.45, 2.75) is 47.5 Å². The summed E-state index contributed by atoms with van der Waals surface area (Å²) in [5.41, 5.74) is 0.197. The van der Waals surface area contributed by atoms with Crippen molar-refractivity contribution < 1.29 is 4.79 Å². The van der Waals surface area contributed by atoms with E-state index < -0.39 is 0 Å². The minimum atomic E-state index is -0.265. The van der Waals surface area contributed by atoms with Crippen LogP contribution in [-0.4, -0.2) is 30.4 Å². The molecule has 0 atom stereocenters. The molecule has 0 radical (unpaired) electrons. The van der Waals surface area contributed by atoms with E-state index in [2.05, 4.69) is 44.8 Å². The molecule has 114 valence electrons. The average molecular weight is 279 g/mol. The lowest BCUT2D eigenvalue weighted by molar-refractivity contribution is -0.117. The van der Waals surface area contributed by atoms with Gasteiger partial charge in [-0.3, -0.25) is 4.79 Å². The van der Waals surface area contributed by atoms with Crippen molar-refractivity contribution in [3.8, 4) is 6.07 Å². The first kappa shape index (κ1) is 18.5. The van der Waals surface area contributed by atoms with Crippen molar-refractivity contribution in [1.82, 2.24) is 10.2 Å². The molecule has 1 amide bonds. The number of carbonyl (C=O) groups excluding carboxylic acids is 1. The third-order valence-corrected chi connectivity index (χ3v) is 2.69. The second kappa shape index (κ2) is 10.3. The predicted octanol–water partition coefficient (Wildman–Crippen LogP) is 2.92. The molecule has 0 rings (SSSR count). The Hall–Kier alpha value is -1.50. The molecule has 0 bridgehead atoms. The number of hydrogen-bond acceptors (Lipinski definition) is 3. The summed E-state index contributed by atoms with van der Waals surface area (Å²) in [5.74, 6) is 0.722. The molecule has 0 aliphatic rings. The van der Waals surface area contributed by atoms with Gasteiger partial charge < -0.3 is 10.2 Å². The van der Waals surface area contributed by atoms with E-state index in [4.69, 9.17) is 5.26 Å². The summed E-state index contributed by atoms with van der Waals surface area (Å²) < 4.78 is 0. The third kappa shape index (κ3) is 8.58. The van der Waals surface area contributed by atoms with Crippen LogP contribution in [0.2, 0.25) is 0 Å². The largest absolute Gasteiger partial charge is 0.376 e. The van der Waals surface area contributed by atoms with Gasteiger partial charge in [-0.15, -0.1) is 0 Å². The molecule has 4 heteroatoms. The van der Waals surface area contributed by atoms with Gasteiger partial charge in [-0.2, -0.15) is 5.26 Å². The van der Waals surface area contributed by atoms with E-state index in [1.54, 1.807) is 6.20 Å². The fourth-order valence-electron chi connectivity index (χ4n) is 1.91. The highest BCUT2D eigenvalue weighted by Gasteiger charge is 2.12. The Morgan fingerprint density at radius 3 is 2.20 bits per heavy atom. The minimum Gasteiger partial charge on any atom is -0.376 e. The molecule has 20 heavy (non-hydrogen) atoms. The second-order valence-electron chi connectivity index (χ2n) is 6.01. The molecule has 4 nitrogen and oxygen atoms in total. The maximum absolute atomic E-state index is 11.9. The zero-order chi connectivity index (χ0) is 15.5. The lowest BCUT2D eigenvalue weighted by Gasteiger charge is -2.25. The standard InChI is InChI=1S/C16H29N3O/c1-6-7-8-18-16(20)15(9-17)12-19(10-13(2)3)11-14(4)5/h12-14H,6-8,10-11H2,1-5H3,(H,18,20)/b15-12-. The molecule has 0 aromatic carbocycles. The van der Waals surface area contributed by atoms with Crippen molar-refractivity contribution in [3.05, 3.63) is 11.8 Å². The summed E-state index contributed by atoms with van der Waals surface area (Å²) in [6.45, 7) is 12.9. The first-order chi connectivity index (χ1) is 9.40. The number of hydrogen-bond donors (Lipinski definition) is 1. The first-order valence-corrected chi connectivity index (χ1v) is 7.54. The number of nitrogens with one attached hydrogen (secondary N) is 1. The van der Waals surface area contributed by atoms with Gasteiger partial charge in [0.05, 0.1) is 0 Å². The van der Waals surface area contributed by atoms with Crippen LogP contribution in [0.3, 0.4) is 0 Å². The lowest BCUT2D eigenvalue weighted by Crippen LogP contribution is -2.30. The van der Waals surface area contributed by atoms with E-state index in [0.717, 1.165) is 25.9 Å². The quantitative estimate of drug-likeness (QED) is 0.401. The fraction of sp³-hybridized carbons (Fsp3) is 0.750. The predicted molar refractivity (Wildman–Crippen MR) is 82.9 cm³/mol. The van der Waals surface area contributed by atoms with E-state index in [1.807, 2.05) is 6.07 Å². The molecule has 0 aliphatic heterocycles. The number of nitrogens with zero attached hydrogens (tertiary/aromatic N) is 2. The van der Waals surface area contributed by atoms with Crippen LogP contribution in [-0.2, 0) is 4.79 Å². The molecule has 0 saturated carbocycles. The van der Waals surface area contributed by atoms with E-state index in [0.29, 0.717) is 18.4 Å². The molecule has 0 spiro atoms. The Balaban J connectivity index is 4.76. The molecule has 0 aliphatic carbocycles. The summed E-state index contributed by atoms with van der Waals surface area (Å²) >= 11 is 0. The van der Waals surface area contributed by atoms with Gasteiger partial charge in [0.25, 0.3) is 5.91 Å². The van der Waals surface area contributed by atoms with Crippen LogP contribution in [0.15, 0.2) is 11.8 Å². The van der Waals surface area contributed by atoms with E-state index in [1.165, 1.54) is 0 Å². The Morgan fingerprint density at radius 1 is 1.25 bits per heavy atom. The van der Waals surface area contributed by atoms with Gasteiger partial charge in [0, 0.05) is 25.8 Å². The average Bonchev–Trinajstić information content (AvgIpc) is 2.34. The van der Waals surface area contributed by atoms with Crippen LogP contribution in [0.5, 0.6) is 0 Å². The number of nitriles is 1. The Kier molecular flexibility index (Phi) is 9.53. The highest BCUT2D eigenvalue weighted by Crippen LogP contribution is 2.07. The van der Waals surface area contributed by atoms with Crippen LogP contribution in [0.1, 0.15) is 47.5 Å². The van der Waals surface area contributed by atoms with Gasteiger partial charge in [-0.25, -0.2) is 0 Å².